The van der Waals surface area contributed by atoms with Gasteiger partial charge in [-0.25, -0.2) is 4.79 Å². The van der Waals surface area contributed by atoms with Crippen LogP contribution in [-0.2, 0) is 14.3 Å². The third-order valence-electron chi connectivity index (χ3n) is 1.45. The Morgan fingerprint density at radius 1 is 1.36 bits per heavy atom. The van der Waals surface area contributed by atoms with E-state index in [-0.39, 0.29) is 6.54 Å². The van der Waals surface area contributed by atoms with Crippen molar-refractivity contribution < 1.29 is 29.3 Å². The monoisotopic (exact) mass is 205 g/mol. The van der Waals surface area contributed by atoms with Gasteiger partial charge in [0.1, 0.15) is 0 Å². The number of carbonyl (C=O) groups is 3. The van der Waals surface area contributed by atoms with Gasteiger partial charge in [0.2, 0.25) is 0 Å². The largest absolute Gasteiger partial charge is 0.481 e. The van der Waals surface area contributed by atoms with Gasteiger partial charge in [-0.2, -0.15) is 0 Å². The normalized spacial score (nSPS) is 11.5. The second kappa shape index (κ2) is 5.79. The summed E-state index contributed by atoms with van der Waals surface area (Å²) in [6, 6.07) is 0. The third kappa shape index (κ3) is 4.96. The quantitative estimate of drug-likeness (QED) is 0.558. The second-order valence-corrected chi connectivity index (χ2v) is 2.51. The number of carboxylic acid groups (broad SMARTS) is 2. The van der Waals surface area contributed by atoms with Crippen molar-refractivity contribution in [3.63, 3.8) is 0 Å². The zero-order chi connectivity index (χ0) is 11.1. The van der Waals surface area contributed by atoms with Gasteiger partial charge in [0.15, 0.2) is 0 Å². The Labute approximate surface area is 79.7 Å². The van der Waals surface area contributed by atoms with Crippen molar-refractivity contribution in [2.75, 3.05) is 13.7 Å². The van der Waals surface area contributed by atoms with E-state index >= 15 is 0 Å². The van der Waals surface area contributed by atoms with Gasteiger partial charge in [0.25, 0.3) is 0 Å². The van der Waals surface area contributed by atoms with Crippen molar-refractivity contribution in [2.24, 2.45) is 5.92 Å². The van der Waals surface area contributed by atoms with Crippen molar-refractivity contribution >= 4 is 18.0 Å². The zero-order valence-corrected chi connectivity index (χ0v) is 7.52. The number of aliphatic carboxylic acids is 2. The van der Waals surface area contributed by atoms with Crippen LogP contribution in [0.1, 0.15) is 6.42 Å². The van der Waals surface area contributed by atoms with Crippen LogP contribution in [0.25, 0.3) is 0 Å². The number of nitrogens with one attached hydrogen (secondary N) is 1. The van der Waals surface area contributed by atoms with Gasteiger partial charge in [0, 0.05) is 6.54 Å². The number of methoxy groups -OCH3 is 1. The Bertz CT molecular complexity index is 238. The molecule has 0 bridgehead atoms. The lowest BCUT2D eigenvalue weighted by molar-refractivity contribution is -0.148. The summed E-state index contributed by atoms with van der Waals surface area (Å²) in [7, 11) is 1.13. The maximum atomic E-state index is 10.6. The van der Waals surface area contributed by atoms with Gasteiger partial charge < -0.3 is 20.3 Å². The number of carbonyl (C=O) groups excluding carboxylic acids is 1. The molecule has 7 heteroatoms. The van der Waals surface area contributed by atoms with E-state index in [1.54, 1.807) is 0 Å². The van der Waals surface area contributed by atoms with E-state index in [4.69, 9.17) is 10.2 Å². The summed E-state index contributed by atoms with van der Waals surface area (Å²) in [4.78, 5) is 31.3. The summed E-state index contributed by atoms with van der Waals surface area (Å²) in [6.07, 6.45) is -1.33. The smallest absolute Gasteiger partial charge is 0.406 e. The fourth-order valence-corrected chi connectivity index (χ4v) is 0.736. The standard InChI is InChI=1S/C7H11NO6/c1-14-7(13)8-3-4(6(11)12)2-5(9)10/h4H,2-3H2,1H3,(H,8,13)(H,9,10)(H,11,12). The summed E-state index contributed by atoms with van der Waals surface area (Å²) in [5.74, 6) is -3.65. The first-order valence-corrected chi connectivity index (χ1v) is 3.73. The van der Waals surface area contributed by atoms with Crippen LogP contribution in [0.15, 0.2) is 0 Å². The molecule has 0 aromatic rings. The van der Waals surface area contributed by atoms with E-state index in [0.29, 0.717) is 0 Å². The molecule has 0 rings (SSSR count). The van der Waals surface area contributed by atoms with E-state index < -0.39 is 30.4 Å². The van der Waals surface area contributed by atoms with Crippen LogP contribution in [0.5, 0.6) is 0 Å². The van der Waals surface area contributed by atoms with Crippen molar-refractivity contribution in [3.05, 3.63) is 0 Å². The maximum absolute atomic E-state index is 10.6. The number of rotatable bonds is 5. The van der Waals surface area contributed by atoms with E-state index in [1.165, 1.54) is 0 Å². The average molecular weight is 205 g/mol. The van der Waals surface area contributed by atoms with Crippen LogP contribution in [0.4, 0.5) is 4.79 Å². The van der Waals surface area contributed by atoms with Crippen LogP contribution in [-0.4, -0.2) is 41.9 Å². The molecule has 0 heterocycles. The third-order valence-corrected chi connectivity index (χ3v) is 1.45. The summed E-state index contributed by atoms with van der Waals surface area (Å²) in [6.45, 7) is -0.270. The van der Waals surface area contributed by atoms with Crippen LogP contribution in [0.3, 0.4) is 0 Å². The first kappa shape index (κ1) is 12.2. The molecule has 0 fully saturated rings. The molecule has 0 spiro atoms. The predicted molar refractivity (Wildman–Crippen MR) is 43.8 cm³/mol. The fourth-order valence-electron chi connectivity index (χ4n) is 0.736. The summed E-state index contributed by atoms with van der Waals surface area (Å²) in [5.41, 5.74) is 0. The molecule has 1 amide bonds. The molecular formula is C7H11NO6. The SMILES string of the molecule is COC(=O)NCC(CC(=O)O)C(=O)O. The molecule has 0 aliphatic rings. The minimum Gasteiger partial charge on any atom is -0.481 e. The maximum Gasteiger partial charge on any atom is 0.406 e. The summed E-state index contributed by atoms with van der Waals surface area (Å²) in [5, 5.41) is 19.0. The Kier molecular flexibility index (Phi) is 5.05. The minimum atomic E-state index is -1.27. The molecule has 14 heavy (non-hydrogen) atoms. The van der Waals surface area contributed by atoms with Gasteiger partial charge >= 0.3 is 18.0 Å². The lowest BCUT2D eigenvalue weighted by Gasteiger charge is -2.09. The molecular weight excluding hydrogens is 194 g/mol. The van der Waals surface area contributed by atoms with Crippen LogP contribution in [0.2, 0.25) is 0 Å². The highest BCUT2D eigenvalue weighted by Crippen LogP contribution is 2.01. The van der Waals surface area contributed by atoms with E-state index in [2.05, 4.69) is 10.1 Å². The van der Waals surface area contributed by atoms with E-state index in [0.717, 1.165) is 7.11 Å². The lowest BCUT2D eigenvalue weighted by atomic mass is 10.1. The number of ether oxygens (including phenoxy) is 1. The number of hydrogen-bond donors (Lipinski definition) is 3. The molecule has 0 radical (unpaired) electrons. The zero-order valence-electron chi connectivity index (χ0n) is 7.52. The molecule has 7 nitrogen and oxygen atoms in total. The number of alkyl carbamates (subject to hydrolysis) is 1. The average Bonchev–Trinajstić information content (AvgIpc) is 2.10. The number of hydrogen-bond acceptors (Lipinski definition) is 4. The van der Waals surface area contributed by atoms with Gasteiger partial charge in [-0.15, -0.1) is 0 Å². The molecule has 0 aliphatic heterocycles. The molecule has 3 N–H and O–H groups in total. The first-order valence-electron chi connectivity index (χ1n) is 3.73. The van der Waals surface area contributed by atoms with Gasteiger partial charge in [-0.3, -0.25) is 9.59 Å². The summed E-state index contributed by atoms with van der Waals surface area (Å²) < 4.78 is 4.19. The summed E-state index contributed by atoms with van der Waals surface area (Å²) >= 11 is 0. The van der Waals surface area contributed by atoms with Crippen LogP contribution in [0, 0.1) is 5.92 Å². The number of amides is 1. The molecule has 0 aromatic heterocycles. The van der Waals surface area contributed by atoms with Crippen molar-refractivity contribution in [1.82, 2.24) is 5.32 Å². The Balaban J connectivity index is 4.04. The highest BCUT2D eigenvalue weighted by atomic mass is 16.5. The van der Waals surface area contributed by atoms with Gasteiger partial charge in [-0.1, -0.05) is 0 Å². The highest BCUT2D eigenvalue weighted by Gasteiger charge is 2.21. The van der Waals surface area contributed by atoms with Crippen molar-refractivity contribution in [2.45, 2.75) is 6.42 Å². The van der Waals surface area contributed by atoms with Gasteiger partial charge in [0.05, 0.1) is 19.4 Å². The van der Waals surface area contributed by atoms with E-state index in [9.17, 15) is 14.4 Å². The lowest BCUT2D eigenvalue weighted by Crippen LogP contribution is -2.34. The highest BCUT2D eigenvalue weighted by molar-refractivity contribution is 5.78. The Morgan fingerprint density at radius 2 is 1.93 bits per heavy atom. The van der Waals surface area contributed by atoms with Crippen molar-refractivity contribution in [1.29, 1.82) is 0 Å². The molecule has 0 saturated heterocycles. The number of carboxylic acids is 2. The fraction of sp³-hybridized carbons (Fsp3) is 0.571. The first-order chi connectivity index (χ1) is 6.47. The van der Waals surface area contributed by atoms with Crippen LogP contribution < -0.4 is 5.32 Å². The molecule has 1 atom stereocenters. The van der Waals surface area contributed by atoms with E-state index in [1.807, 2.05) is 0 Å². The van der Waals surface area contributed by atoms with Gasteiger partial charge in [-0.05, 0) is 0 Å². The molecule has 0 saturated carbocycles. The topological polar surface area (TPSA) is 113 Å². The minimum absolute atomic E-state index is 0.270. The predicted octanol–water partition coefficient (Wildman–Crippen LogP) is -0.482. The van der Waals surface area contributed by atoms with Crippen LogP contribution >= 0.6 is 0 Å². The Morgan fingerprint density at radius 3 is 2.29 bits per heavy atom. The Hall–Kier alpha value is -1.79. The molecule has 0 aliphatic carbocycles. The van der Waals surface area contributed by atoms with Crippen molar-refractivity contribution in [3.8, 4) is 0 Å². The second-order valence-electron chi connectivity index (χ2n) is 2.51. The molecule has 0 aromatic carbocycles. The molecule has 80 valence electrons. The molecule has 1 unspecified atom stereocenters.